The minimum Gasteiger partial charge on any atom is -0.462 e. The van der Waals surface area contributed by atoms with Crippen LogP contribution in [0.4, 0.5) is 19.0 Å². The van der Waals surface area contributed by atoms with Gasteiger partial charge in [0.1, 0.15) is 24.0 Å². The van der Waals surface area contributed by atoms with Crippen LogP contribution in [0.15, 0.2) is 53.5 Å². The molecule has 2 aromatic carbocycles. The van der Waals surface area contributed by atoms with Gasteiger partial charge in [0.25, 0.3) is 6.43 Å². The maximum atomic E-state index is 14.6. The highest BCUT2D eigenvalue weighted by Crippen LogP contribution is 2.50. The van der Waals surface area contributed by atoms with Gasteiger partial charge >= 0.3 is 19.4 Å². The second-order valence-electron chi connectivity index (χ2n) is 10.0. The van der Waals surface area contributed by atoms with Crippen LogP contribution in [0.2, 0.25) is 0 Å². The lowest BCUT2D eigenvalue weighted by Crippen LogP contribution is -2.53. The molecule has 6 atom stereocenters. The summed E-state index contributed by atoms with van der Waals surface area (Å²) in [5.74, 6) is -2.89. The van der Waals surface area contributed by atoms with Crippen molar-refractivity contribution >= 4 is 30.3 Å². The van der Waals surface area contributed by atoms with E-state index in [1.807, 2.05) is 0 Å². The van der Waals surface area contributed by atoms with Gasteiger partial charge in [-0.1, -0.05) is 36.4 Å². The van der Waals surface area contributed by atoms with E-state index in [0.717, 1.165) is 0 Å². The summed E-state index contributed by atoms with van der Waals surface area (Å²) in [4.78, 5) is 28.0. The molecule has 1 saturated heterocycles. The number of halogens is 3. The molecule has 4 rings (SSSR count). The zero-order valence-corrected chi connectivity index (χ0v) is 24.0. The Morgan fingerprint density at radius 3 is 2.56 bits per heavy atom. The molecular weight excluding hydrogens is 600 g/mol. The summed E-state index contributed by atoms with van der Waals surface area (Å²) in [6.07, 6.45) is -10.5. The number of nitrogen functional groups attached to an aromatic ring is 1. The van der Waals surface area contributed by atoms with E-state index >= 15 is 0 Å². The molecule has 1 fully saturated rings. The number of nitrogens with one attached hydrogen (secondary N) is 1. The second kappa shape index (κ2) is 12.6. The van der Waals surface area contributed by atoms with E-state index in [-0.39, 0.29) is 5.75 Å². The van der Waals surface area contributed by atoms with Crippen molar-refractivity contribution in [1.82, 2.24) is 14.6 Å². The molecule has 43 heavy (non-hydrogen) atoms. The number of benzene rings is 2. The van der Waals surface area contributed by atoms with Gasteiger partial charge in [-0.25, -0.2) is 22.5 Å². The molecule has 1 aromatic heterocycles. The first-order valence-electron chi connectivity index (χ1n) is 12.9. The van der Waals surface area contributed by atoms with Crippen molar-refractivity contribution < 1.29 is 51.3 Å². The molecule has 2 heterocycles. The van der Waals surface area contributed by atoms with Gasteiger partial charge in [-0.2, -0.15) is 10.1 Å². The van der Waals surface area contributed by atoms with Gasteiger partial charge in [0.2, 0.25) is 0 Å². The van der Waals surface area contributed by atoms with Gasteiger partial charge < -0.3 is 29.9 Å². The van der Waals surface area contributed by atoms with Crippen molar-refractivity contribution in [2.75, 3.05) is 12.3 Å². The number of hydrogen-bond acceptors (Lipinski definition) is 11. The van der Waals surface area contributed by atoms with E-state index < -0.39 is 80.3 Å². The van der Waals surface area contributed by atoms with E-state index in [9.17, 15) is 37.5 Å². The van der Waals surface area contributed by atoms with E-state index in [4.69, 9.17) is 24.3 Å². The minimum absolute atomic E-state index is 0.00904. The first-order valence-corrected chi connectivity index (χ1v) is 14.5. The number of nitrogens with zero attached hydrogens (tertiary/aromatic N) is 2. The summed E-state index contributed by atoms with van der Waals surface area (Å²) < 4.78 is 79.1. The summed E-state index contributed by atoms with van der Waals surface area (Å²) in [7, 11) is -4.81. The fourth-order valence-corrected chi connectivity index (χ4v) is 5.89. The van der Waals surface area contributed by atoms with Crippen LogP contribution >= 0.6 is 7.75 Å². The number of carbonyl (C=O) groups is 1. The molecule has 0 amide bonds. The summed E-state index contributed by atoms with van der Waals surface area (Å²) in [5, 5.41) is 24.8. The number of aliphatic hydroxyl groups is 2. The zero-order valence-electron chi connectivity index (χ0n) is 23.1. The van der Waals surface area contributed by atoms with Gasteiger partial charge in [0.05, 0.1) is 18.9 Å². The van der Waals surface area contributed by atoms with E-state index in [0.29, 0.717) is 21.5 Å². The predicted octanol–water partition coefficient (Wildman–Crippen LogP) is 2.51. The van der Waals surface area contributed by atoms with Crippen molar-refractivity contribution in [1.29, 1.82) is 0 Å². The number of fused-ring (bicyclic) bond motifs is 1. The Bertz CT molecular complexity index is 1590. The highest BCUT2D eigenvalue weighted by atomic mass is 31.2. The number of anilines is 1. The maximum Gasteiger partial charge on any atom is 0.459 e. The zero-order chi connectivity index (χ0) is 31.7. The van der Waals surface area contributed by atoms with Crippen LogP contribution in [-0.4, -0.2) is 68.7 Å². The van der Waals surface area contributed by atoms with Crippen molar-refractivity contribution in [2.45, 2.75) is 63.4 Å². The van der Waals surface area contributed by atoms with Crippen LogP contribution in [0.1, 0.15) is 27.0 Å². The summed E-state index contributed by atoms with van der Waals surface area (Å²) in [5.41, 5.74) is 0.860. The number of aliphatic hydroxyl groups excluding tert-OH is 2. The van der Waals surface area contributed by atoms with Gasteiger partial charge in [-0.3, -0.25) is 13.9 Å². The fourth-order valence-electron chi connectivity index (χ4n) is 4.34. The summed E-state index contributed by atoms with van der Waals surface area (Å²) in [6, 6.07) is 10.2. The Balaban J connectivity index is 1.69. The Morgan fingerprint density at radius 1 is 1.21 bits per heavy atom. The quantitative estimate of drug-likeness (QED) is 0.180. The molecule has 0 radical (unpaired) electrons. The second-order valence-corrected chi connectivity index (χ2v) is 11.7. The molecule has 5 N–H and O–H groups in total. The lowest BCUT2D eigenvalue weighted by atomic mass is 9.96. The first-order chi connectivity index (χ1) is 20.2. The van der Waals surface area contributed by atoms with Crippen molar-refractivity contribution in [3.63, 3.8) is 0 Å². The predicted molar refractivity (Wildman–Crippen MR) is 146 cm³/mol. The van der Waals surface area contributed by atoms with Crippen LogP contribution in [0.5, 0.6) is 5.75 Å². The highest BCUT2D eigenvalue weighted by molar-refractivity contribution is 7.52. The Morgan fingerprint density at radius 2 is 1.88 bits per heavy atom. The Kier molecular flexibility index (Phi) is 9.49. The number of nitrogens with two attached hydrogens (primary N) is 1. The third-order valence-electron chi connectivity index (χ3n) is 6.52. The molecule has 1 unspecified atom stereocenters. The molecule has 234 valence electrons. The fraction of sp³-hybridized carbons (Fsp3) is 0.423. The van der Waals surface area contributed by atoms with Crippen molar-refractivity contribution in [3.05, 3.63) is 65.0 Å². The van der Waals surface area contributed by atoms with Crippen molar-refractivity contribution in [2.24, 2.45) is 0 Å². The molecule has 0 saturated carbocycles. The molecule has 17 heteroatoms. The van der Waals surface area contributed by atoms with Gasteiger partial charge in [0, 0.05) is 5.39 Å². The Labute approximate surface area is 242 Å². The van der Waals surface area contributed by atoms with E-state index in [1.54, 1.807) is 50.2 Å². The molecule has 0 spiro atoms. The van der Waals surface area contributed by atoms with Crippen molar-refractivity contribution in [3.8, 4) is 5.75 Å². The lowest BCUT2D eigenvalue weighted by Gasteiger charge is -2.32. The monoisotopic (exact) mass is 630 g/mol. The van der Waals surface area contributed by atoms with E-state index in [2.05, 4.69) is 10.1 Å². The molecule has 0 bridgehead atoms. The summed E-state index contributed by atoms with van der Waals surface area (Å²) in [6.45, 7) is 3.02. The number of hydrogen-bond donors (Lipinski definition) is 4. The highest BCUT2D eigenvalue weighted by Gasteiger charge is 2.61. The molecule has 1 aliphatic heterocycles. The van der Waals surface area contributed by atoms with Crippen LogP contribution in [0.25, 0.3) is 10.8 Å². The maximum absolute atomic E-state index is 14.6. The Hall–Kier alpha value is -3.53. The number of rotatable bonds is 11. The lowest BCUT2D eigenvalue weighted by molar-refractivity contribution is -0.193. The molecule has 0 aliphatic carbocycles. The molecular formula is C26H30F3N4O9P. The molecule has 1 aliphatic rings. The molecule has 13 nitrogen and oxygen atoms in total. The van der Waals surface area contributed by atoms with Gasteiger partial charge in [-0.05, 0) is 32.2 Å². The number of alkyl halides is 2. The SMILES string of the molecule is CC(C)OC(=O)[C@H](C)NP(=O)(OC[C@@]1(C(F)F)O[C@@H](n2cc(F)c(N)nc2=O)[C@H](O)[C@H]1O)Oc1cccc2ccccc12. The average Bonchev–Trinajstić information content (AvgIpc) is 3.20. The molecule has 3 aromatic rings. The third-order valence-corrected chi connectivity index (χ3v) is 8.13. The first kappa shape index (κ1) is 32.4. The average molecular weight is 631 g/mol. The number of aromatic nitrogens is 2. The summed E-state index contributed by atoms with van der Waals surface area (Å²) >= 11 is 0. The van der Waals surface area contributed by atoms with Crippen LogP contribution in [0, 0.1) is 5.82 Å². The normalized spacial score (nSPS) is 24.3. The minimum atomic E-state index is -4.81. The third kappa shape index (κ3) is 6.69. The largest absolute Gasteiger partial charge is 0.462 e. The number of ether oxygens (including phenoxy) is 2. The van der Waals surface area contributed by atoms with Crippen LogP contribution in [-0.2, 0) is 23.4 Å². The standard InChI is InChI=1S/C26H30F3N4O9P/c1-13(2)40-23(36)14(3)32-43(38,42-18-10-6-8-15-7-4-5-9-16(15)18)39-12-26(24(28)29)20(35)19(34)22(41-26)33-11-17(27)21(30)31-25(33)37/h4-11,13-14,19-20,22,24,34-35H,12H2,1-3H3,(H,32,38)(H2,30,31,37)/t14-,19+,20+,22+,26+,43?/m0/s1. The van der Waals surface area contributed by atoms with Crippen LogP contribution in [0.3, 0.4) is 0 Å². The number of carbonyl (C=O) groups excluding carboxylic acids is 1. The number of esters is 1. The van der Waals surface area contributed by atoms with E-state index in [1.165, 1.54) is 13.0 Å². The smallest absolute Gasteiger partial charge is 0.459 e. The van der Waals surface area contributed by atoms with Gasteiger partial charge in [0.15, 0.2) is 23.5 Å². The van der Waals surface area contributed by atoms with Gasteiger partial charge in [-0.15, -0.1) is 0 Å². The topological polar surface area (TPSA) is 184 Å². The van der Waals surface area contributed by atoms with Crippen LogP contribution < -0.4 is 21.0 Å².